The topological polar surface area (TPSA) is 32.3 Å². The average molecular weight is 294 g/mol. The van der Waals surface area contributed by atoms with E-state index >= 15 is 0 Å². The standard InChI is InChI=1S/C16H26N2OS/c1-11(2)8-13-9-17-14(12(3)4)10-18(13)16(19)15-6-5-7-20-15/h5-7,11-14,17H,8-10H2,1-4H3. The van der Waals surface area contributed by atoms with E-state index in [1.54, 1.807) is 11.3 Å². The van der Waals surface area contributed by atoms with E-state index in [-0.39, 0.29) is 5.91 Å². The van der Waals surface area contributed by atoms with Crippen molar-refractivity contribution in [1.82, 2.24) is 10.2 Å². The van der Waals surface area contributed by atoms with Crippen molar-refractivity contribution in [2.45, 2.75) is 46.2 Å². The quantitative estimate of drug-likeness (QED) is 0.924. The zero-order valence-corrected chi connectivity index (χ0v) is 13.7. The third-order valence-corrected chi connectivity index (χ3v) is 4.85. The van der Waals surface area contributed by atoms with E-state index in [2.05, 4.69) is 37.9 Å². The Kier molecular flexibility index (Phi) is 5.22. The number of rotatable bonds is 4. The SMILES string of the molecule is CC(C)CC1CNC(C(C)C)CN1C(=O)c1cccs1. The molecule has 2 rings (SSSR count). The molecule has 1 fully saturated rings. The van der Waals surface area contributed by atoms with E-state index in [0.717, 1.165) is 24.4 Å². The van der Waals surface area contributed by atoms with Gasteiger partial charge in [-0.25, -0.2) is 0 Å². The van der Waals surface area contributed by atoms with Crippen LogP contribution < -0.4 is 5.32 Å². The molecule has 0 spiro atoms. The molecule has 0 aliphatic carbocycles. The van der Waals surface area contributed by atoms with E-state index in [0.29, 0.717) is 23.9 Å². The third kappa shape index (κ3) is 3.61. The molecule has 1 N–H and O–H groups in total. The van der Waals surface area contributed by atoms with Crippen molar-refractivity contribution in [3.05, 3.63) is 22.4 Å². The van der Waals surface area contributed by atoms with Gasteiger partial charge in [-0.15, -0.1) is 11.3 Å². The summed E-state index contributed by atoms with van der Waals surface area (Å²) in [6.45, 7) is 10.6. The van der Waals surface area contributed by atoms with Gasteiger partial charge in [0.2, 0.25) is 0 Å². The smallest absolute Gasteiger partial charge is 0.264 e. The summed E-state index contributed by atoms with van der Waals surface area (Å²) in [5.74, 6) is 1.36. The number of nitrogens with zero attached hydrogens (tertiary/aromatic N) is 1. The van der Waals surface area contributed by atoms with Gasteiger partial charge in [0.15, 0.2) is 0 Å². The molecule has 0 aromatic carbocycles. The molecule has 112 valence electrons. The first-order valence-corrected chi connectivity index (χ1v) is 8.44. The largest absolute Gasteiger partial charge is 0.332 e. The van der Waals surface area contributed by atoms with Crippen molar-refractivity contribution in [2.24, 2.45) is 11.8 Å². The van der Waals surface area contributed by atoms with Crippen LogP contribution >= 0.6 is 11.3 Å². The summed E-state index contributed by atoms with van der Waals surface area (Å²) < 4.78 is 0. The summed E-state index contributed by atoms with van der Waals surface area (Å²) in [6, 6.07) is 4.62. The van der Waals surface area contributed by atoms with Crippen LogP contribution in [-0.4, -0.2) is 36.0 Å². The molecule has 1 saturated heterocycles. The van der Waals surface area contributed by atoms with Crippen LogP contribution in [0.5, 0.6) is 0 Å². The van der Waals surface area contributed by atoms with Crippen LogP contribution in [0.3, 0.4) is 0 Å². The van der Waals surface area contributed by atoms with Gasteiger partial charge in [-0.2, -0.15) is 0 Å². The minimum atomic E-state index is 0.206. The first-order chi connectivity index (χ1) is 9.49. The van der Waals surface area contributed by atoms with E-state index in [1.807, 2.05) is 17.5 Å². The van der Waals surface area contributed by atoms with Crippen LogP contribution in [0, 0.1) is 11.8 Å². The number of hydrogen-bond acceptors (Lipinski definition) is 3. The van der Waals surface area contributed by atoms with Crippen LogP contribution in [0.15, 0.2) is 17.5 Å². The monoisotopic (exact) mass is 294 g/mol. The Bertz CT molecular complexity index is 428. The van der Waals surface area contributed by atoms with Crippen LogP contribution in [0.2, 0.25) is 0 Å². The number of nitrogens with one attached hydrogen (secondary N) is 1. The predicted molar refractivity (Wildman–Crippen MR) is 85.2 cm³/mol. The molecular formula is C16H26N2OS. The Morgan fingerprint density at radius 1 is 1.45 bits per heavy atom. The zero-order chi connectivity index (χ0) is 14.7. The first kappa shape index (κ1) is 15.5. The number of amides is 1. The molecule has 20 heavy (non-hydrogen) atoms. The van der Waals surface area contributed by atoms with Crippen LogP contribution in [0.1, 0.15) is 43.8 Å². The van der Waals surface area contributed by atoms with Crippen molar-refractivity contribution in [3.8, 4) is 0 Å². The molecule has 1 aromatic rings. The Labute approximate surface area is 126 Å². The molecule has 2 atom stereocenters. The lowest BCUT2D eigenvalue weighted by molar-refractivity contribution is 0.0526. The summed E-state index contributed by atoms with van der Waals surface area (Å²) in [6.07, 6.45) is 1.06. The first-order valence-electron chi connectivity index (χ1n) is 7.57. The fraction of sp³-hybridized carbons (Fsp3) is 0.688. The van der Waals surface area contributed by atoms with Crippen molar-refractivity contribution in [2.75, 3.05) is 13.1 Å². The highest BCUT2D eigenvalue weighted by atomic mass is 32.1. The number of carbonyl (C=O) groups excluding carboxylic acids is 1. The number of piperazine rings is 1. The second-order valence-electron chi connectivity index (χ2n) is 6.48. The fourth-order valence-corrected chi connectivity index (χ4v) is 3.49. The van der Waals surface area contributed by atoms with Gasteiger partial charge in [0.25, 0.3) is 5.91 Å². The molecule has 2 heterocycles. The lowest BCUT2D eigenvalue weighted by Crippen LogP contribution is -2.59. The molecule has 1 aliphatic heterocycles. The molecule has 0 bridgehead atoms. The van der Waals surface area contributed by atoms with Gasteiger partial charge in [0.05, 0.1) is 4.88 Å². The molecule has 0 radical (unpaired) electrons. The zero-order valence-electron chi connectivity index (χ0n) is 12.9. The van der Waals surface area contributed by atoms with Gasteiger partial charge in [-0.05, 0) is 29.7 Å². The third-order valence-electron chi connectivity index (χ3n) is 3.99. The van der Waals surface area contributed by atoms with Gasteiger partial charge in [0.1, 0.15) is 0 Å². The summed E-state index contributed by atoms with van der Waals surface area (Å²) in [5.41, 5.74) is 0. The Hall–Kier alpha value is -0.870. The Morgan fingerprint density at radius 2 is 2.20 bits per heavy atom. The van der Waals surface area contributed by atoms with Crippen molar-refractivity contribution in [1.29, 1.82) is 0 Å². The van der Waals surface area contributed by atoms with Crippen LogP contribution in [-0.2, 0) is 0 Å². The molecule has 3 nitrogen and oxygen atoms in total. The molecule has 0 saturated carbocycles. The number of thiophene rings is 1. The fourth-order valence-electron chi connectivity index (χ4n) is 2.81. The minimum absolute atomic E-state index is 0.206. The highest BCUT2D eigenvalue weighted by Gasteiger charge is 2.33. The maximum Gasteiger partial charge on any atom is 0.264 e. The molecule has 1 amide bonds. The maximum atomic E-state index is 12.7. The van der Waals surface area contributed by atoms with Crippen molar-refractivity contribution >= 4 is 17.2 Å². The summed E-state index contributed by atoms with van der Waals surface area (Å²) in [5, 5.41) is 5.59. The average Bonchev–Trinajstić information content (AvgIpc) is 2.91. The maximum absolute atomic E-state index is 12.7. The predicted octanol–water partition coefficient (Wildman–Crippen LogP) is 3.23. The van der Waals surface area contributed by atoms with Crippen molar-refractivity contribution in [3.63, 3.8) is 0 Å². The second-order valence-corrected chi connectivity index (χ2v) is 7.42. The van der Waals surface area contributed by atoms with E-state index in [1.165, 1.54) is 0 Å². The Morgan fingerprint density at radius 3 is 2.75 bits per heavy atom. The molecule has 1 aromatic heterocycles. The molecular weight excluding hydrogens is 268 g/mol. The van der Waals surface area contributed by atoms with E-state index < -0.39 is 0 Å². The van der Waals surface area contributed by atoms with Crippen LogP contribution in [0.25, 0.3) is 0 Å². The van der Waals surface area contributed by atoms with Gasteiger partial charge >= 0.3 is 0 Å². The summed E-state index contributed by atoms with van der Waals surface area (Å²) in [7, 11) is 0. The lowest BCUT2D eigenvalue weighted by atomic mass is 9.95. The number of carbonyl (C=O) groups is 1. The molecule has 2 unspecified atom stereocenters. The number of hydrogen-bond donors (Lipinski definition) is 1. The van der Waals surface area contributed by atoms with Crippen molar-refractivity contribution < 1.29 is 4.79 Å². The lowest BCUT2D eigenvalue weighted by Gasteiger charge is -2.42. The normalized spacial score (nSPS) is 23.6. The minimum Gasteiger partial charge on any atom is -0.332 e. The van der Waals surface area contributed by atoms with E-state index in [4.69, 9.17) is 0 Å². The Balaban J connectivity index is 2.14. The molecule has 4 heteroatoms. The van der Waals surface area contributed by atoms with Gasteiger partial charge in [0, 0.05) is 25.2 Å². The van der Waals surface area contributed by atoms with Crippen LogP contribution in [0.4, 0.5) is 0 Å². The van der Waals surface area contributed by atoms with Gasteiger partial charge < -0.3 is 10.2 Å². The summed E-state index contributed by atoms with van der Waals surface area (Å²) >= 11 is 1.54. The molecule has 1 aliphatic rings. The van der Waals surface area contributed by atoms with E-state index in [9.17, 15) is 4.79 Å². The second kappa shape index (κ2) is 6.72. The van der Waals surface area contributed by atoms with Gasteiger partial charge in [-0.3, -0.25) is 4.79 Å². The highest BCUT2D eigenvalue weighted by molar-refractivity contribution is 7.12. The highest BCUT2D eigenvalue weighted by Crippen LogP contribution is 2.22. The van der Waals surface area contributed by atoms with Gasteiger partial charge in [-0.1, -0.05) is 33.8 Å². The summed E-state index contributed by atoms with van der Waals surface area (Å²) in [4.78, 5) is 15.7.